The highest BCUT2D eigenvalue weighted by atomic mass is 32.1. The van der Waals surface area contributed by atoms with E-state index in [2.05, 4.69) is 10.4 Å². The lowest BCUT2D eigenvalue weighted by atomic mass is 10.0. The van der Waals surface area contributed by atoms with Crippen LogP contribution in [0.2, 0.25) is 0 Å². The number of hydrogen-bond donors (Lipinski definition) is 1. The summed E-state index contributed by atoms with van der Waals surface area (Å²) in [5, 5.41) is 3.13. The van der Waals surface area contributed by atoms with Gasteiger partial charge in [0.25, 0.3) is 0 Å². The van der Waals surface area contributed by atoms with Crippen molar-refractivity contribution in [3.63, 3.8) is 0 Å². The van der Waals surface area contributed by atoms with Crippen LogP contribution in [0.15, 0.2) is 23.6 Å². The van der Waals surface area contributed by atoms with E-state index in [9.17, 15) is 0 Å². The second-order valence-electron chi connectivity index (χ2n) is 4.74. The van der Waals surface area contributed by atoms with Gasteiger partial charge in [0.2, 0.25) is 0 Å². The summed E-state index contributed by atoms with van der Waals surface area (Å²) < 4.78 is 11.2. The van der Waals surface area contributed by atoms with Crippen molar-refractivity contribution >= 4 is 11.3 Å². The van der Waals surface area contributed by atoms with Crippen molar-refractivity contribution in [3.8, 4) is 11.5 Å². The van der Waals surface area contributed by atoms with Crippen LogP contribution in [0.1, 0.15) is 36.2 Å². The highest BCUT2D eigenvalue weighted by Gasteiger charge is 2.13. The Kier molecular flexibility index (Phi) is 5.59. The molecule has 21 heavy (non-hydrogen) atoms. The van der Waals surface area contributed by atoms with Crippen LogP contribution in [0.3, 0.4) is 0 Å². The van der Waals surface area contributed by atoms with E-state index in [-0.39, 0.29) is 6.04 Å². The fourth-order valence-corrected chi connectivity index (χ4v) is 2.77. The summed E-state index contributed by atoms with van der Waals surface area (Å²) in [4.78, 5) is 4.46. The number of nitrogens with two attached hydrogens (primary N) is 1. The summed E-state index contributed by atoms with van der Waals surface area (Å²) in [6.45, 7) is 7.14. The smallest absolute Gasteiger partial charge is 0.161 e. The van der Waals surface area contributed by atoms with Crippen molar-refractivity contribution in [1.82, 2.24) is 4.98 Å². The SMILES string of the molecule is CCOc1ccc(C(N)Cc2csc(C)n2)cc1OCC. The number of hydrogen-bond acceptors (Lipinski definition) is 5. The first-order valence-electron chi connectivity index (χ1n) is 7.20. The summed E-state index contributed by atoms with van der Waals surface area (Å²) in [5.41, 5.74) is 8.37. The molecule has 0 fully saturated rings. The van der Waals surface area contributed by atoms with E-state index in [1.165, 1.54) is 0 Å². The Hall–Kier alpha value is -1.59. The predicted molar refractivity (Wildman–Crippen MR) is 86.3 cm³/mol. The van der Waals surface area contributed by atoms with Crippen LogP contribution in [0.4, 0.5) is 0 Å². The van der Waals surface area contributed by atoms with Crippen LogP contribution in [0.5, 0.6) is 11.5 Å². The van der Waals surface area contributed by atoms with Gasteiger partial charge in [0, 0.05) is 17.8 Å². The zero-order valence-electron chi connectivity index (χ0n) is 12.8. The minimum atomic E-state index is -0.0959. The highest BCUT2D eigenvalue weighted by Crippen LogP contribution is 2.31. The number of ether oxygens (including phenoxy) is 2. The van der Waals surface area contributed by atoms with Gasteiger partial charge in [0.05, 0.1) is 23.9 Å². The van der Waals surface area contributed by atoms with E-state index in [1.807, 2.05) is 39.0 Å². The van der Waals surface area contributed by atoms with Gasteiger partial charge in [-0.1, -0.05) is 6.07 Å². The van der Waals surface area contributed by atoms with E-state index in [0.29, 0.717) is 13.2 Å². The molecule has 1 aromatic carbocycles. The summed E-state index contributed by atoms with van der Waals surface area (Å²) >= 11 is 1.65. The van der Waals surface area contributed by atoms with Crippen LogP contribution in [-0.4, -0.2) is 18.2 Å². The van der Waals surface area contributed by atoms with Gasteiger partial charge in [-0.2, -0.15) is 0 Å². The molecule has 2 N–H and O–H groups in total. The lowest BCUT2D eigenvalue weighted by molar-refractivity contribution is 0.287. The van der Waals surface area contributed by atoms with Crippen LogP contribution < -0.4 is 15.2 Å². The summed E-state index contributed by atoms with van der Waals surface area (Å²) in [7, 11) is 0. The molecule has 1 atom stereocenters. The van der Waals surface area contributed by atoms with E-state index >= 15 is 0 Å². The van der Waals surface area contributed by atoms with Crippen molar-refractivity contribution in [2.75, 3.05) is 13.2 Å². The van der Waals surface area contributed by atoms with Crippen molar-refractivity contribution in [2.45, 2.75) is 33.2 Å². The van der Waals surface area contributed by atoms with Gasteiger partial charge in [-0.05, 0) is 38.5 Å². The van der Waals surface area contributed by atoms with E-state index in [1.54, 1.807) is 11.3 Å². The first kappa shape index (κ1) is 15.8. The van der Waals surface area contributed by atoms with Crippen LogP contribution in [-0.2, 0) is 6.42 Å². The van der Waals surface area contributed by atoms with Gasteiger partial charge in [-0.15, -0.1) is 11.3 Å². The molecule has 0 radical (unpaired) electrons. The molecular weight excluding hydrogens is 284 g/mol. The molecule has 0 spiro atoms. The standard InChI is InChI=1S/C16H22N2O2S/c1-4-19-15-7-6-12(8-16(15)20-5-2)14(17)9-13-10-21-11(3)18-13/h6-8,10,14H,4-5,9,17H2,1-3H3. The Morgan fingerprint density at radius 2 is 1.90 bits per heavy atom. The third kappa shape index (κ3) is 4.19. The lowest BCUT2D eigenvalue weighted by Crippen LogP contribution is -2.14. The summed E-state index contributed by atoms with van der Waals surface area (Å²) in [5.74, 6) is 1.52. The van der Waals surface area contributed by atoms with Gasteiger partial charge in [0.15, 0.2) is 11.5 Å². The second-order valence-corrected chi connectivity index (χ2v) is 5.80. The second kappa shape index (κ2) is 7.43. The van der Waals surface area contributed by atoms with E-state index < -0.39 is 0 Å². The number of benzene rings is 1. The first-order valence-corrected chi connectivity index (χ1v) is 8.08. The van der Waals surface area contributed by atoms with Crippen molar-refractivity contribution in [2.24, 2.45) is 5.73 Å². The zero-order valence-corrected chi connectivity index (χ0v) is 13.6. The number of nitrogens with zero attached hydrogens (tertiary/aromatic N) is 1. The largest absolute Gasteiger partial charge is 0.490 e. The van der Waals surface area contributed by atoms with Gasteiger partial charge >= 0.3 is 0 Å². The van der Waals surface area contributed by atoms with Gasteiger partial charge < -0.3 is 15.2 Å². The van der Waals surface area contributed by atoms with Gasteiger partial charge in [-0.3, -0.25) is 0 Å². The first-order chi connectivity index (χ1) is 10.1. The molecular formula is C16H22N2O2S. The number of thiazole rings is 1. The molecule has 0 amide bonds. The van der Waals surface area contributed by atoms with Crippen molar-refractivity contribution < 1.29 is 9.47 Å². The molecule has 0 aliphatic heterocycles. The fraction of sp³-hybridized carbons (Fsp3) is 0.438. The average molecular weight is 306 g/mol. The van der Waals surface area contributed by atoms with E-state index in [0.717, 1.165) is 34.2 Å². The van der Waals surface area contributed by atoms with Gasteiger partial charge in [0.1, 0.15) is 0 Å². The minimum Gasteiger partial charge on any atom is -0.490 e. The van der Waals surface area contributed by atoms with Crippen LogP contribution in [0, 0.1) is 6.92 Å². The van der Waals surface area contributed by atoms with Crippen molar-refractivity contribution in [1.29, 1.82) is 0 Å². The average Bonchev–Trinajstić information content (AvgIpc) is 2.86. The normalized spacial score (nSPS) is 12.2. The molecule has 0 bridgehead atoms. The number of rotatable bonds is 7. The molecule has 0 aliphatic rings. The van der Waals surface area contributed by atoms with Crippen molar-refractivity contribution in [3.05, 3.63) is 39.8 Å². The Morgan fingerprint density at radius 1 is 1.19 bits per heavy atom. The Morgan fingerprint density at radius 3 is 2.52 bits per heavy atom. The quantitative estimate of drug-likeness (QED) is 0.850. The molecule has 0 aliphatic carbocycles. The Balaban J connectivity index is 2.16. The topological polar surface area (TPSA) is 57.4 Å². The fourth-order valence-electron chi connectivity index (χ4n) is 2.14. The van der Waals surface area contributed by atoms with E-state index in [4.69, 9.17) is 15.2 Å². The Bertz CT molecular complexity index is 583. The van der Waals surface area contributed by atoms with Crippen LogP contribution >= 0.6 is 11.3 Å². The molecule has 0 saturated carbocycles. The van der Waals surface area contributed by atoms with Crippen LogP contribution in [0.25, 0.3) is 0 Å². The summed E-state index contributed by atoms with van der Waals surface area (Å²) in [6.07, 6.45) is 0.726. The maximum absolute atomic E-state index is 6.29. The van der Waals surface area contributed by atoms with Gasteiger partial charge in [-0.25, -0.2) is 4.98 Å². The molecule has 1 aromatic heterocycles. The number of aromatic nitrogens is 1. The zero-order chi connectivity index (χ0) is 15.2. The molecule has 2 aromatic rings. The molecule has 1 unspecified atom stereocenters. The highest BCUT2D eigenvalue weighted by molar-refractivity contribution is 7.09. The molecule has 114 valence electrons. The number of aryl methyl sites for hydroxylation is 1. The lowest BCUT2D eigenvalue weighted by Gasteiger charge is -2.15. The third-order valence-electron chi connectivity index (χ3n) is 3.09. The third-order valence-corrected chi connectivity index (χ3v) is 3.91. The Labute approximate surface area is 129 Å². The maximum atomic E-state index is 6.29. The molecule has 2 rings (SSSR count). The molecule has 1 heterocycles. The molecule has 5 heteroatoms. The predicted octanol–water partition coefficient (Wildman–Crippen LogP) is 3.49. The molecule has 4 nitrogen and oxygen atoms in total. The maximum Gasteiger partial charge on any atom is 0.161 e. The molecule has 0 saturated heterocycles. The monoisotopic (exact) mass is 306 g/mol. The summed E-state index contributed by atoms with van der Waals surface area (Å²) in [6, 6.07) is 5.80. The minimum absolute atomic E-state index is 0.0959.